The first kappa shape index (κ1) is 22.8. The van der Waals surface area contributed by atoms with E-state index in [1.165, 1.54) is 12.1 Å². The minimum absolute atomic E-state index is 0.0757. The number of benzene rings is 3. The van der Waals surface area contributed by atoms with Crippen LogP contribution in [0, 0.1) is 29.1 Å². The van der Waals surface area contributed by atoms with Crippen LogP contribution in [0.15, 0.2) is 42.5 Å². The molecule has 0 bridgehead atoms. The third-order valence-corrected chi connectivity index (χ3v) is 5.09. The standard InChI is InChI=1S/C23H16F8/c1-3-12-4-5-15(16(24)6-12)13-7-19(27)22(20(28)8-13)14-9-17(25)21(18(26)10-14)11(2)23(29,30)31/h4-11H,3H2,1-2H3. The fraction of sp³-hybridized carbons (Fsp3) is 0.217. The molecule has 164 valence electrons. The summed E-state index contributed by atoms with van der Waals surface area (Å²) in [6.45, 7) is 2.39. The molecule has 3 aromatic rings. The molecule has 0 aliphatic rings. The largest absolute Gasteiger partial charge is 0.395 e. The van der Waals surface area contributed by atoms with Gasteiger partial charge in [-0.25, -0.2) is 22.0 Å². The Kier molecular flexibility index (Phi) is 6.11. The van der Waals surface area contributed by atoms with Crippen molar-refractivity contribution in [3.05, 3.63) is 82.7 Å². The second kappa shape index (κ2) is 8.32. The number of aryl methyl sites for hydroxylation is 1. The second-order valence-corrected chi connectivity index (χ2v) is 7.10. The van der Waals surface area contributed by atoms with Gasteiger partial charge in [-0.2, -0.15) is 13.2 Å². The molecule has 0 saturated carbocycles. The van der Waals surface area contributed by atoms with Gasteiger partial charge in [-0.1, -0.05) is 19.1 Å². The van der Waals surface area contributed by atoms with Gasteiger partial charge in [-0.05, 0) is 60.4 Å². The molecular weight excluding hydrogens is 428 g/mol. The summed E-state index contributed by atoms with van der Waals surface area (Å²) in [6, 6.07) is 6.65. The summed E-state index contributed by atoms with van der Waals surface area (Å²) in [6.07, 6.45) is -4.35. The highest BCUT2D eigenvalue weighted by Gasteiger charge is 2.40. The van der Waals surface area contributed by atoms with Gasteiger partial charge < -0.3 is 0 Å². The summed E-state index contributed by atoms with van der Waals surface area (Å²) in [4.78, 5) is 0. The quantitative estimate of drug-likeness (QED) is 0.358. The fourth-order valence-corrected chi connectivity index (χ4v) is 3.32. The van der Waals surface area contributed by atoms with E-state index in [0.29, 0.717) is 31.0 Å². The Morgan fingerprint density at radius 3 is 1.68 bits per heavy atom. The van der Waals surface area contributed by atoms with Crippen LogP contribution < -0.4 is 0 Å². The highest BCUT2D eigenvalue weighted by molar-refractivity contribution is 5.72. The summed E-state index contributed by atoms with van der Waals surface area (Å²) in [5, 5.41) is 0. The van der Waals surface area contributed by atoms with Crippen molar-refractivity contribution in [2.75, 3.05) is 0 Å². The maximum absolute atomic E-state index is 14.7. The van der Waals surface area contributed by atoms with Gasteiger partial charge in [0.15, 0.2) is 0 Å². The summed E-state index contributed by atoms with van der Waals surface area (Å²) in [5.74, 6) is -8.80. The minimum atomic E-state index is -4.90. The Bertz CT molecular complexity index is 1080. The van der Waals surface area contributed by atoms with E-state index in [-0.39, 0.29) is 11.1 Å². The van der Waals surface area contributed by atoms with Crippen LogP contribution in [0.1, 0.15) is 30.9 Å². The van der Waals surface area contributed by atoms with Crippen LogP contribution in [0.25, 0.3) is 22.3 Å². The third-order valence-electron chi connectivity index (χ3n) is 5.09. The SMILES string of the molecule is CCc1ccc(-c2cc(F)c(-c3cc(F)c(C(C)C(F)(F)F)c(F)c3)c(F)c2)c(F)c1. The Morgan fingerprint density at radius 1 is 0.710 bits per heavy atom. The fourth-order valence-electron chi connectivity index (χ4n) is 3.32. The molecule has 3 rings (SSSR count). The molecule has 0 amide bonds. The molecule has 0 heterocycles. The lowest BCUT2D eigenvalue weighted by Crippen LogP contribution is -2.20. The van der Waals surface area contributed by atoms with Crippen LogP contribution in [0.3, 0.4) is 0 Å². The molecule has 0 spiro atoms. The highest BCUT2D eigenvalue weighted by atomic mass is 19.4. The number of hydrogen-bond donors (Lipinski definition) is 0. The van der Waals surface area contributed by atoms with Gasteiger partial charge in [0.05, 0.1) is 11.5 Å². The normalized spacial score (nSPS) is 12.8. The summed E-state index contributed by atoms with van der Waals surface area (Å²) >= 11 is 0. The monoisotopic (exact) mass is 444 g/mol. The van der Waals surface area contributed by atoms with E-state index in [2.05, 4.69) is 0 Å². The molecule has 1 unspecified atom stereocenters. The van der Waals surface area contributed by atoms with Gasteiger partial charge in [0.1, 0.15) is 29.1 Å². The number of rotatable bonds is 4. The van der Waals surface area contributed by atoms with Crippen molar-refractivity contribution in [2.24, 2.45) is 0 Å². The topological polar surface area (TPSA) is 0 Å². The zero-order chi connectivity index (χ0) is 23.1. The zero-order valence-electron chi connectivity index (χ0n) is 16.3. The first-order valence-corrected chi connectivity index (χ1v) is 9.27. The number of alkyl halides is 3. The number of hydrogen-bond acceptors (Lipinski definition) is 0. The maximum Gasteiger partial charge on any atom is 0.395 e. The van der Waals surface area contributed by atoms with E-state index in [0.717, 1.165) is 12.1 Å². The molecule has 0 saturated heterocycles. The minimum Gasteiger partial charge on any atom is -0.207 e. The van der Waals surface area contributed by atoms with Crippen LogP contribution in [-0.4, -0.2) is 6.18 Å². The van der Waals surface area contributed by atoms with Crippen molar-refractivity contribution in [3.63, 3.8) is 0 Å². The Hall–Kier alpha value is -2.90. The van der Waals surface area contributed by atoms with Gasteiger partial charge in [-0.3, -0.25) is 0 Å². The average Bonchev–Trinajstić information content (AvgIpc) is 2.65. The molecule has 1 atom stereocenters. The van der Waals surface area contributed by atoms with Crippen molar-refractivity contribution in [2.45, 2.75) is 32.4 Å². The molecule has 0 fully saturated rings. The van der Waals surface area contributed by atoms with Gasteiger partial charge in [0, 0.05) is 11.1 Å². The average molecular weight is 444 g/mol. The van der Waals surface area contributed by atoms with Crippen molar-refractivity contribution in [1.82, 2.24) is 0 Å². The number of halogens is 8. The van der Waals surface area contributed by atoms with Crippen LogP contribution in [0.2, 0.25) is 0 Å². The molecule has 3 aromatic carbocycles. The van der Waals surface area contributed by atoms with Gasteiger partial charge in [0.2, 0.25) is 0 Å². The molecule has 0 aromatic heterocycles. The maximum atomic E-state index is 14.7. The molecule has 31 heavy (non-hydrogen) atoms. The van der Waals surface area contributed by atoms with Crippen LogP contribution in [-0.2, 0) is 6.42 Å². The molecule has 0 aliphatic carbocycles. The molecule has 8 heteroatoms. The van der Waals surface area contributed by atoms with E-state index in [1.54, 1.807) is 6.07 Å². The molecule has 0 N–H and O–H groups in total. The van der Waals surface area contributed by atoms with Crippen LogP contribution >= 0.6 is 0 Å². The van der Waals surface area contributed by atoms with E-state index < -0.39 is 57.9 Å². The van der Waals surface area contributed by atoms with Gasteiger partial charge >= 0.3 is 6.18 Å². The Balaban J connectivity index is 2.09. The second-order valence-electron chi connectivity index (χ2n) is 7.10. The lowest BCUT2D eigenvalue weighted by molar-refractivity contribution is -0.147. The predicted molar refractivity (Wildman–Crippen MR) is 101 cm³/mol. The lowest BCUT2D eigenvalue weighted by atomic mass is 9.93. The Labute approximate surface area is 173 Å². The van der Waals surface area contributed by atoms with Crippen molar-refractivity contribution in [1.29, 1.82) is 0 Å². The van der Waals surface area contributed by atoms with Crippen molar-refractivity contribution in [3.8, 4) is 22.3 Å². The lowest BCUT2D eigenvalue weighted by Gasteiger charge is -2.18. The van der Waals surface area contributed by atoms with Crippen molar-refractivity contribution >= 4 is 0 Å². The first-order valence-electron chi connectivity index (χ1n) is 9.27. The third kappa shape index (κ3) is 4.43. The van der Waals surface area contributed by atoms with Crippen molar-refractivity contribution < 1.29 is 35.1 Å². The first-order chi connectivity index (χ1) is 14.4. The van der Waals surface area contributed by atoms with Crippen LogP contribution in [0.4, 0.5) is 35.1 Å². The van der Waals surface area contributed by atoms with E-state index in [9.17, 15) is 35.1 Å². The zero-order valence-corrected chi connectivity index (χ0v) is 16.3. The molecule has 0 nitrogen and oxygen atoms in total. The Morgan fingerprint density at radius 2 is 1.23 bits per heavy atom. The van der Waals surface area contributed by atoms with Gasteiger partial charge in [0.25, 0.3) is 0 Å². The predicted octanol–water partition coefficient (Wildman–Crippen LogP) is 7.94. The van der Waals surface area contributed by atoms with Gasteiger partial charge in [-0.15, -0.1) is 0 Å². The highest BCUT2D eigenvalue weighted by Crippen LogP contribution is 2.39. The molecular formula is C23H16F8. The van der Waals surface area contributed by atoms with E-state index in [1.807, 2.05) is 6.92 Å². The molecule has 0 aliphatic heterocycles. The van der Waals surface area contributed by atoms with E-state index in [4.69, 9.17) is 0 Å². The summed E-state index contributed by atoms with van der Waals surface area (Å²) in [5.41, 5.74) is -2.23. The molecule has 0 radical (unpaired) electrons. The summed E-state index contributed by atoms with van der Waals surface area (Å²) < 4.78 is 111. The van der Waals surface area contributed by atoms with Crippen LogP contribution in [0.5, 0.6) is 0 Å². The van der Waals surface area contributed by atoms with E-state index >= 15 is 0 Å². The smallest absolute Gasteiger partial charge is 0.207 e. The summed E-state index contributed by atoms with van der Waals surface area (Å²) in [7, 11) is 0.